The molecule has 1 aromatic rings. The maximum atomic E-state index is 13.4. The van der Waals surface area contributed by atoms with Crippen LogP contribution in [0.1, 0.15) is 23.6 Å². The van der Waals surface area contributed by atoms with Gasteiger partial charge in [0, 0.05) is 11.6 Å². The molecule has 0 saturated carbocycles. The summed E-state index contributed by atoms with van der Waals surface area (Å²) in [6, 6.07) is 0.998. The monoisotopic (exact) mass is 219 g/mol. The topological polar surface area (TPSA) is 26.0 Å². The molecule has 0 amide bonds. The largest absolute Gasteiger partial charge is 0.324 e. The fraction of sp³-hybridized carbons (Fsp3) is 0.333. The van der Waals surface area contributed by atoms with E-state index in [-0.39, 0.29) is 16.9 Å². The molecule has 0 saturated heterocycles. The molecule has 70 valence electrons. The van der Waals surface area contributed by atoms with Crippen LogP contribution in [0.3, 0.4) is 0 Å². The Balaban J connectivity index is 2.69. The number of halogens is 3. The molecule has 0 spiro atoms. The molecule has 1 unspecified atom stereocenters. The third kappa shape index (κ3) is 1.33. The summed E-state index contributed by atoms with van der Waals surface area (Å²) < 4.78 is 13.4. The van der Waals surface area contributed by atoms with E-state index in [9.17, 15) is 4.39 Å². The van der Waals surface area contributed by atoms with Crippen LogP contribution in [0.4, 0.5) is 4.39 Å². The summed E-state index contributed by atoms with van der Waals surface area (Å²) in [4.78, 5) is 0. The molecule has 0 bridgehead atoms. The third-order valence-electron chi connectivity index (χ3n) is 2.39. The van der Waals surface area contributed by atoms with Gasteiger partial charge in [-0.25, -0.2) is 4.39 Å². The summed E-state index contributed by atoms with van der Waals surface area (Å²) in [5, 5.41) is 0.720. The molecule has 1 aromatic carbocycles. The van der Waals surface area contributed by atoms with Crippen molar-refractivity contribution in [1.82, 2.24) is 0 Å². The van der Waals surface area contributed by atoms with Crippen molar-refractivity contribution >= 4 is 23.2 Å². The van der Waals surface area contributed by atoms with E-state index in [2.05, 4.69) is 0 Å². The molecule has 0 radical (unpaired) electrons. The van der Waals surface area contributed by atoms with E-state index in [1.165, 1.54) is 6.07 Å². The summed E-state index contributed by atoms with van der Waals surface area (Å²) in [5.74, 6) is -0.339. The van der Waals surface area contributed by atoms with Crippen LogP contribution >= 0.6 is 23.2 Å². The van der Waals surface area contributed by atoms with E-state index in [0.717, 1.165) is 12.0 Å². The van der Waals surface area contributed by atoms with Crippen molar-refractivity contribution in [2.24, 2.45) is 5.73 Å². The van der Waals surface area contributed by atoms with Crippen LogP contribution in [0.2, 0.25) is 10.0 Å². The zero-order valence-electron chi connectivity index (χ0n) is 6.78. The molecule has 0 heterocycles. The minimum Gasteiger partial charge on any atom is -0.324 e. The van der Waals surface area contributed by atoms with Crippen LogP contribution in [0.25, 0.3) is 0 Å². The lowest BCUT2D eigenvalue weighted by Gasteiger charge is -2.08. The Morgan fingerprint density at radius 2 is 2.15 bits per heavy atom. The van der Waals surface area contributed by atoms with Crippen molar-refractivity contribution in [3.8, 4) is 0 Å². The fourth-order valence-electron chi connectivity index (χ4n) is 1.75. The van der Waals surface area contributed by atoms with Crippen LogP contribution in [0.15, 0.2) is 6.07 Å². The van der Waals surface area contributed by atoms with Gasteiger partial charge in [0.15, 0.2) is 0 Å². The maximum Gasteiger partial charge on any atom is 0.129 e. The van der Waals surface area contributed by atoms with Gasteiger partial charge in [0.1, 0.15) is 5.82 Å². The minimum absolute atomic E-state index is 0.232. The zero-order chi connectivity index (χ0) is 9.59. The molecule has 1 aliphatic rings. The first-order valence-corrected chi connectivity index (χ1v) is 4.78. The van der Waals surface area contributed by atoms with Crippen molar-refractivity contribution in [3.63, 3.8) is 0 Å². The van der Waals surface area contributed by atoms with Crippen LogP contribution in [0.5, 0.6) is 0 Å². The van der Waals surface area contributed by atoms with Gasteiger partial charge in [-0.05, 0) is 24.5 Å². The summed E-state index contributed by atoms with van der Waals surface area (Å²) >= 11 is 11.7. The average molecular weight is 220 g/mol. The number of benzene rings is 1. The Bertz CT molecular complexity index is 365. The highest BCUT2D eigenvalue weighted by molar-refractivity contribution is 6.42. The smallest absolute Gasteiger partial charge is 0.129 e. The lowest BCUT2D eigenvalue weighted by Crippen LogP contribution is -2.07. The first kappa shape index (κ1) is 9.25. The Morgan fingerprint density at radius 3 is 2.85 bits per heavy atom. The van der Waals surface area contributed by atoms with Crippen LogP contribution in [0, 0.1) is 5.82 Å². The molecule has 1 aliphatic carbocycles. The number of nitrogens with two attached hydrogens (primary N) is 1. The molecule has 0 aliphatic heterocycles. The third-order valence-corrected chi connectivity index (χ3v) is 3.21. The van der Waals surface area contributed by atoms with E-state index in [0.29, 0.717) is 17.0 Å². The predicted molar refractivity (Wildman–Crippen MR) is 51.7 cm³/mol. The van der Waals surface area contributed by atoms with Gasteiger partial charge in [0.25, 0.3) is 0 Å². The second-order valence-corrected chi connectivity index (χ2v) is 3.98. The SMILES string of the molecule is NC1CCc2c(Cl)c(Cl)cc(F)c21. The zero-order valence-corrected chi connectivity index (χ0v) is 8.29. The number of hydrogen-bond donors (Lipinski definition) is 1. The van der Waals surface area contributed by atoms with Gasteiger partial charge in [-0.15, -0.1) is 0 Å². The Labute approximate surface area is 85.6 Å². The number of hydrogen-bond acceptors (Lipinski definition) is 1. The van der Waals surface area contributed by atoms with Gasteiger partial charge >= 0.3 is 0 Å². The van der Waals surface area contributed by atoms with Crippen LogP contribution in [-0.2, 0) is 6.42 Å². The normalized spacial score (nSPS) is 20.5. The number of fused-ring (bicyclic) bond motifs is 1. The van der Waals surface area contributed by atoms with E-state index in [1.807, 2.05) is 0 Å². The molecular weight excluding hydrogens is 212 g/mol. The molecular formula is C9H8Cl2FN. The Hall–Kier alpha value is -0.310. The molecule has 2 N–H and O–H groups in total. The average Bonchev–Trinajstić information content (AvgIpc) is 2.44. The lowest BCUT2D eigenvalue weighted by atomic mass is 10.1. The number of rotatable bonds is 0. The van der Waals surface area contributed by atoms with E-state index >= 15 is 0 Å². The van der Waals surface area contributed by atoms with Crippen molar-refractivity contribution in [2.45, 2.75) is 18.9 Å². The van der Waals surface area contributed by atoms with Gasteiger partial charge in [-0.3, -0.25) is 0 Å². The van der Waals surface area contributed by atoms with Gasteiger partial charge in [-0.1, -0.05) is 23.2 Å². The predicted octanol–water partition coefficient (Wildman–Crippen LogP) is 3.08. The molecule has 2 rings (SSSR count). The Morgan fingerprint density at radius 1 is 1.46 bits per heavy atom. The van der Waals surface area contributed by atoms with Gasteiger partial charge < -0.3 is 5.73 Å². The molecule has 0 aromatic heterocycles. The second kappa shape index (κ2) is 3.12. The van der Waals surface area contributed by atoms with E-state index < -0.39 is 0 Å². The minimum atomic E-state index is -0.339. The molecule has 0 fully saturated rings. The summed E-state index contributed by atoms with van der Waals surface area (Å²) in [6.07, 6.45) is 1.46. The van der Waals surface area contributed by atoms with Crippen molar-refractivity contribution in [2.75, 3.05) is 0 Å². The van der Waals surface area contributed by atoms with E-state index in [4.69, 9.17) is 28.9 Å². The van der Waals surface area contributed by atoms with Gasteiger partial charge in [-0.2, -0.15) is 0 Å². The highest BCUT2D eigenvalue weighted by atomic mass is 35.5. The lowest BCUT2D eigenvalue weighted by molar-refractivity contribution is 0.589. The van der Waals surface area contributed by atoms with Crippen molar-refractivity contribution in [3.05, 3.63) is 33.1 Å². The Kier molecular flexibility index (Phi) is 2.22. The fourth-order valence-corrected chi connectivity index (χ4v) is 2.21. The van der Waals surface area contributed by atoms with Crippen molar-refractivity contribution in [1.29, 1.82) is 0 Å². The van der Waals surface area contributed by atoms with Gasteiger partial charge in [0.2, 0.25) is 0 Å². The molecule has 4 heteroatoms. The van der Waals surface area contributed by atoms with Gasteiger partial charge in [0.05, 0.1) is 10.0 Å². The van der Waals surface area contributed by atoms with E-state index in [1.54, 1.807) is 0 Å². The molecule has 1 atom stereocenters. The maximum absolute atomic E-state index is 13.4. The first-order valence-electron chi connectivity index (χ1n) is 4.03. The summed E-state index contributed by atoms with van der Waals surface area (Å²) in [6.45, 7) is 0. The molecule has 13 heavy (non-hydrogen) atoms. The second-order valence-electron chi connectivity index (χ2n) is 3.19. The van der Waals surface area contributed by atoms with Crippen LogP contribution in [-0.4, -0.2) is 0 Å². The summed E-state index contributed by atoms with van der Waals surface area (Å²) in [5.41, 5.74) is 7.04. The standard InChI is InChI=1S/C9H8Cl2FN/c10-5-3-6(12)8-4(9(5)11)1-2-7(8)13/h3,7H,1-2,13H2. The first-order chi connectivity index (χ1) is 6.11. The highest BCUT2D eigenvalue weighted by Crippen LogP contribution is 2.39. The quantitative estimate of drug-likeness (QED) is 0.668. The van der Waals surface area contributed by atoms with Crippen LogP contribution < -0.4 is 5.73 Å². The summed E-state index contributed by atoms with van der Waals surface area (Å²) in [7, 11) is 0. The highest BCUT2D eigenvalue weighted by Gasteiger charge is 2.26. The molecule has 1 nitrogen and oxygen atoms in total. The van der Waals surface area contributed by atoms with Crippen molar-refractivity contribution < 1.29 is 4.39 Å².